The predicted molar refractivity (Wildman–Crippen MR) is 77.9 cm³/mol. The number of hydrogen-bond acceptors (Lipinski definition) is 1. The maximum Gasteiger partial charge on any atom is 0.0366 e. The van der Waals surface area contributed by atoms with Crippen molar-refractivity contribution in [1.29, 1.82) is 0 Å². The third-order valence-corrected chi connectivity index (χ3v) is 3.20. The molecule has 0 aliphatic rings. The highest BCUT2D eigenvalue weighted by Crippen LogP contribution is 2.20. The second-order valence-corrected chi connectivity index (χ2v) is 5.09. The number of benzene rings is 1. The number of rotatable bonds is 7. The third-order valence-electron chi connectivity index (χ3n) is 3.20. The molecule has 0 saturated heterocycles. The van der Waals surface area contributed by atoms with Crippen LogP contribution in [0.3, 0.4) is 0 Å². The van der Waals surface area contributed by atoms with Crippen LogP contribution in [-0.4, -0.2) is 13.1 Å². The van der Waals surface area contributed by atoms with Gasteiger partial charge in [-0.1, -0.05) is 46.2 Å². The Bertz CT molecular complexity index is 300. The van der Waals surface area contributed by atoms with Gasteiger partial charge < -0.3 is 4.90 Å². The lowest BCUT2D eigenvalue weighted by molar-refractivity contribution is 0.704. The Kier molecular flexibility index (Phi) is 6.10. The lowest BCUT2D eigenvalue weighted by Gasteiger charge is -2.24. The van der Waals surface area contributed by atoms with E-state index in [0.717, 1.165) is 0 Å². The van der Waals surface area contributed by atoms with Crippen LogP contribution in [-0.2, 0) is 0 Å². The summed E-state index contributed by atoms with van der Waals surface area (Å²) in [6.45, 7) is 11.4. The van der Waals surface area contributed by atoms with Gasteiger partial charge in [0.1, 0.15) is 0 Å². The van der Waals surface area contributed by atoms with E-state index in [1.165, 1.54) is 43.6 Å². The lowest BCUT2D eigenvalue weighted by Crippen LogP contribution is -2.25. The minimum Gasteiger partial charge on any atom is -0.372 e. The van der Waals surface area contributed by atoms with Crippen molar-refractivity contribution < 1.29 is 0 Å². The summed E-state index contributed by atoms with van der Waals surface area (Å²) in [5, 5.41) is 0. The molecule has 1 rings (SSSR count). The van der Waals surface area contributed by atoms with Crippen molar-refractivity contribution in [3.63, 3.8) is 0 Å². The fraction of sp³-hybridized carbons (Fsp3) is 0.625. The Morgan fingerprint density at radius 2 is 1.59 bits per heavy atom. The number of unbranched alkanes of at least 4 members (excludes halogenated alkanes) is 1. The zero-order valence-corrected chi connectivity index (χ0v) is 11.9. The van der Waals surface area contributed by atoms with Gasteiger partial charge in [-0.05, 0) is 36.5 Å². The molecule has 0 radical (unpaired) electrons. The standard InChI is InChI=1S/C16H27N/c1-5-7-13-17(12-6-2)16-10-8-15(9-11-16)14(3)4/h8-11,14H,5-7,12-13H2,1-4H3. The molecule has 0 amide bonds. The van der Waals surface area contributed by atoms with E-state index in [9.17, 15) is 0 Å². The van der Waals surface area contributed by atoms with E-state index in [1.807, 2.05) is 0 Å². The first-order valence-corrected chi connectivity index (χ1v) is 7.04. The van der Waals surface area contributed by atoms with Crippen molar-refractivity contribution >= 4 is 5.69 Å². The molecule has 17 heavy (non-hydrogen) atoms. The molecule has 0 heterocycles. The molecule has 0 unspecified atom stereocenters. The summed E-state index contributed by atoms with van der Waals surface area (Å²) >= 11 is 0. The van der Waals surface area contributed by atoms with Gasteiger partial charge in [-0.2, -0.15) is 0 Å². The van der Waals surface area contributed by atoms with Gasteiger partial charge >= 0.3 is 0 Å². The van der Waals surface area contributed by atoms with Crippen molar-refractivity contribution in [3.05, 3.63) is 29.8 Å². The fourth-order valence-electron chi connectivity index (χ4n) is 2.06. The molecule has 1 aromatic carbocycles. The Hall–Kier alpha value is -0.980. The highest BCUT2D eigenvalue weighted by atomic mass is 15.1. The normalized spacial score (nSPS) is 10.9. The number of nitrogens with zero attached hydrogens (tertiary/aromatic N) is 1. The average Bonchev–Trinajstić information content (AvgIpc) is 2.34. The fourth-order valence-corrected chi connectivity index (χ4v) is 2.06. The van der Waals surface area contributed by atoms with E-state index in [1.54, 1.807) is 0 Å². The summed E-state index contributed by atoms with van der Waals surface area (Å²) < 4.78 is 0. The van der Waals surface area contributed by atoms with Gasteiger partial charge in [0, 0.05) is 18.8 Å². The van der Waals surface area contributed by atoms with Crippen LogP contribution in [0.2, 0.25) is 0 Å². The minimum atomic E-state index is 0.624. The number of anilines is 1. The summed E-state index contributed by atoms with van der Waals surface area (Å²) in [6, 6.07) is 9.10. The molecule has 1 heteroatoms. The monoisotopic (exact) mass is 233 g/mol. The first kappa shape index (κ1) is 14.1. The van der Waals surface area contributed by atoms with Crippen LogP contribution >= 0.6 is 0 Å². The van der Waals surface area contributed by atoms with Crippen LogP contribution in [0.15, 0.2) is 24.3 Å². The molecular formula is C16H27N. The van der Waals surface area contributed by atoms with E-state index in [2.05, 4.69) is 56.9 Å². The summed E-state index contributed by atoms with van der Waals surface area (Å²) in [5.41, 5.74) is 2.81. The molecule has 0 saturated carbocycles. The van der Waals surface area contributed by atoms with Crippen LogP contribution in [0, 0.1) is 0 Å². The predicted octanol–water partition coefficient (Wildman–Crippen LogP) is 4.83. The zero-order valence-electron chi connectivity index (χ0n) is 11.9. The number of hydrogen-bond donors (Lipinski definition) is 0. The van der Waals surface area contributed by atoms with E-state index in [0.29, 0.717) is 5.92 Å². The van der Waals surface area contributed by atoms with E-state index in [4.69, 9.17) is 0 Å². The van der Waals surface area contributed by atoms with Gasteiger partial charge in [-0.3, -0.25) is 0 Å². The molecule has 0 spiro atoms. The lowest BCUT2D eigenvalue weighted by atomic mass is 10.0. The summed E-state index contributed by atoms with van der Waals surface area (Å²) in [5.74, 6) is 0.624. The second kappa shape index (κ2) is 7.37. The Morgan fingerprint density at radius 1 is 0.941 bits per heavy atom. The van der Waals surface area contributed by atoms with Crippen molar-refractivity contribution in [1.82, 2.24) is 0 Å². The molecule has 0 atom stereocenters. The first-order valence-electron chi connectivity index (χ1n) is 7.04. The molecule has 1 aromatic rings. The van der Waals surface area contributed by atoms with Crippen LogP contribution in [0.4, 0.5) is 5.69 Å². The van der Waals surface area contributed by atoms with Crippen molar-refractivity contribution in [3.8, 4) is 0 Å². The third kappa shape index (κ3) is 4.41. The molecular weight excluding hydrogens is 206 g/mol. The molecule has 0 aliphatic heterocycles. The molecule has 96 valence electrons. The molecule has 0 aliphatic carbocycles. The van der Waals surface area contributed by atoms with Crippen LogP contribution in [0.5, 0.6) is 0 Å². The van der Waals surface area contributed by atoms with Crippen molar-refractivity contribution in [2.24, 2.45) is 0 Å². The minimum absolute atomic E-state index is 0.624. The van der Waals surface area contributed by atoms with Crippen molar-refractivity contribution in [2.75, 3.05) is 18.0 Å². The zero-order chi connectivity index (χ0) is 12.7. The molecule has 0 fully saturated rings. The Labute approximate surface area is 107 Å². The summed E-state index contributed by atoms with van der Waals surface area (Å²) in [4.78, 5) is 2.51. The van der Waals surface area contributed by atoms with E-state index >= 15 is 0 Å². The van der Waals surface area contributed by atoms with Crippen LogP contribution < -0.4 is 4.90 Å². The van der Waals surface area contributed by atoms with Gasteiger partial charge in [0.15, 0.2) is 0 Å². The molecule has 0 aromatic heterocycles. The summed E-state index contributed by atoms with van der Waals surface area (Å²) in [7, 11) is 0. The first-order chi connectivity index (χ1) is 8.19. The van der Waals surface area contributed by atoms with Gasteiger partial charge in [-0.15, -0.1) is 0 Å². The Balaban J connectivity index is 2.72. The molecule has 1 nitrogen and oxygen atoms in total. The van der Waals surface area contributed by atoms with Gasteiger partial charge in [0.25, 0.3) is 0 Å². The highest BCUT2D eigenvalue weighted by Gasteiger charge is 2.05. The van der Waals surface area contributed by atoms with Crippen LogP contribution in [0.1, 0.15) is 58.4 Å². The average molecular weight is 233 g/mol. The van der Waals surface area contributed by atoms with E-state index in [-0.39, 0.29) is 0 Å². The molecule has 0 bridgehead atoms. The van der Waals surface area contributed by atoms with Crippen molar-refractivity contribution in [2.45, 2.75) is 52.9 Å². The maximum absolute atomic E-state index is 2.51. The van der Waals surface area contributed by atoms with Gasteiger partial charge in [-0.25, -0.2) is 0 Å². The largest absolute Gasteiger partial charge is 0.372 e. The molecule has 0 N–H and O–H groups in total. The second-order valence-electron chi connectivity index (χ2n) is 5.09. The SMILES string of the molecule is CCCCN(CCC)c1ccc(C(C)C)cc1. The smallest absolute Gasteiger partial charge is 0.0366 e. The van der Waals surface area contributed by atoms with Gasteiger partial charge in [0.2, 0.25) is 0 Å². The Morgan fingerprint density at radius 3 is 2.06 bits per heavy atom. The van der Waals surface area contributed by atoms with E-state index < -0.39 is 0 Å². The maximum atomic E-state index is 2.51. The van der Waals surface area contributed by atoms with Gasteiger partial charge in [0.05, 0.1) is 0 Å². The topological polar surface area (TPSA) is 3.24 Å². The summed E-state index contributed by atoms with van der Waals surface area (Å²) in [6.07, 6.45) is 3.77. The van der Waals surface area contributed by atoms with Crippen LogP contribution in [0.25, 0.3) is 0 Å². The highest BCUT2D eigenvalue weighted by molar-refractivity contribution is 5.48. The quantitative estimate of drug-likeness (QED) is 0.652.